The second-order valence-corrected chi connectivity index (χ2v) is 6.61. The fourth-order valence-corrected chi connectivity index (χ4v) is 3.17. The van der Waals surface area contributed by atoms with Crippen molar-refractivity contribution >= 4 is 29.2 Å². The van der Waals surface area contributed by atoms with E-state index >= 15 is 0 Å². The molecule has 0 heterocycles. The van der Waals surface area contributed by atoms with E-state index in [9.17, 15) is 28.3 Å². The maximum Gasteiger partial charge on any atom is 0.307 e. The van der Waals surface area contributed by atoms with Gasteiger partial charge in [0.05, 0.1) is 28.8 Å². The average Bonchev–Trinajstić information content (AvgIpc) is 2.70. The standard InChI is InChI=1S/C21H18F2N2O4/c22-12-9-10-18(16(23)11-12)25-20(27)15-7-3-4-8-17(15)24-19(26)13-5-1-2-6-14(13)21(28)29/h1-4,7-11,13-14H,5-6H2,(H,24,26)(H,25,27)(H,28,29)/t13-,14+/m1/s1. The van der Waals surface area contributed by atoms with Gasteiger partial charge in [-0.05, 0) is 37.1 Å². The number of aliphatic carboxylic acids is 1. The molecule has 0 aromatic heterocycles. The molecular weight excluding hydrogens is 382 g/mol. The molecule has 3 rings (SSSR count). The molecule has 2 aromatic carbocycles. The fraction of sp³-hybridized carbons (Fsp3) is 0.190. The molecule has 150 valence electrons. The molecule has 2 amide bonds. The summed E-state index contributed by atoms with van der Waals surface area (Å²) in [5.41, 5.74) is 0.0138. The van der Waals surface area contributed by atoms with Crippen LogP contribution in [0.25, 0.3) is 0 Å². The first kappa shape index (κ1) is 20.2. The number of halogens is 2. The van der Waals surface area contributed by atoms with Gasteiger partial charge in [-0.1, -0.05) is 24.3 Å². The van der Waals surface area contributed by atoms with Crippen LogP contribution in [0.4, 0.5) is 20.2 Å². The van der Waals surface area contributed by atoms with Crippen LogP contribution < -0.4 is 10.6 Å². The summed E-state index contributed by atoms with van der Waals surface area (Å²) in [5, 5.41) is 14.3. The first-order valence-corrected chi connectivity index (χ1v) is 8.91. The summed E-state index contributed by atoms with van der Waals surface area (Å²) in [6.07, 6.45) is 4.00. The number of allylic oxidation sites excluding steroid dienone is 2. The van der Waals surface area contributed by atoms with Crippen LogP contribution in [-0.2, 0) is 9.59 Å². The minimum Gasteiger partial charge on any atom is -0.481 e. The molecule has 0 unspecified atom stereocenters. The largest absolute Gasteiger partial charge is 0.481 e. The van der Waals surface area contributed by atoms with E-state index in [1.807, 2.05) is 0 Å². The Balaban J connectivity index is 1.79. The minimum absolute atomic E-state index is 0.0581. The highest BCUT2D eigenvalue weighted by Crippen LogP contribution is 2.28. The van der Waals surface area contributed by atoms with Crippen LogP contribution in [0.15, 0.2) is 54.6 Å². The SMILES string of the molecule is O=C(Nc1ccc(F)cc1F)c1ccccc1NC(=O)[C@@H]1CC=CC[C@@H]1C(=O)O. The third kappa shape index (κ3) is 4.66. The van der Waals surface area contributed by atoms with Gasteiger partial charge in [0.1, 0.15) is 11.6 Å². The smallest absolute Gasteiger partial charge is 0.307 e. The Hall–Kier alpha value is -3.55. The highest BCUT2D eigenvalue weighted by Gasteiger charge is 2.34. The molecule has 2 aromatic rings. The normalized spacial score (nSPS) is 18.1. The Morgan fingerprint density at radius 3 is 2.28 bits per heavy atom. The second kappa shape index (κ2) is 8.64. The molecule has 3 N–H and O–H groups in total. The van der Waals surface area contributed by atoms with Crippen molar-refractivity contribution in [2.24, 2.45) is 11.8 Å². The van der Waals surface area contributed by atoms with Gasteiger partial charge in [-0.3, -0.25) is 14.4 Å². The van der Waals surface area contributed by atoms with Gasteiger partial charge in [0.15, 0.2) is 0 Å². The number of benzene rings is 2. The summed E-state index contributed by atoms with van der Waals surface area (Å²) < 4.78 is 26.8. The number of carbonyl (C=O) groups excluding carboxylic acids is 2. The zero-order valence-electron chi connectivity index (χ0n) is 15.2. The Morgan fingerprint density at radius 1 is 0.897 bits per heavy atom. The van der Waals surface area contributed by atoms with E-state index in [4.69, 9.17) is 0 Å². The molecule has 0 radical (unpaired) electrons. The van der Waals surface area contributed by atoms with Crippen molar-refractivity contribution < 1.29 is 28.3 Å². The Bertz CT molecular complexity index is 990. The van der Waals surface area contributed by atoms with Gasteiger partial charge < -0.3 is 15.7 Å². The van der Waals surface area contributed by atoms with Gasteiger partial charge >= 0.3 is 5.97 Å². The molecule has 0 bridgehead atoms. The highest BCUT2D eigenvalue weighted by molar-refractivity contribution is 6.10. The summed E-state index contributed by atoms with van der Waals surface area (Å²) >= 11 is 0. The second-order valence-electron chi connectivity index (χ2n) is 6.61. The lowest BCUT2D eigenvalue weighted by molar-refractivity contribution is -0.146. The van der Waals surface area contributed by atoms with Gasteiger partial charge in [0, 0.05) is 6.07 Å². The van der Waals surface area contributed by atoms with Gasteiger partial charge in [0.25, 0.3) is 5.91 Å². The number of carboxylic acid groups (broad SMARTS) is 1. The highest BCUT2D eigenvalue weighted by atomic mass is 19.1. The van der Waals surface area contributed by atoms with E-state index in [2.05, 4.69) is 10.6 Å². The van der Waals surface area contributed by atoms with E-state index < -0.39 is 41.3 Å². The van der Waals surface area contributed by atoms with Crippen molar-refractivity contribution in [3.63, 3.8) is 0 Å². The molecule has 2 atom stereocenters. The number of hydrogen-bond donors (Lipinski definition) is 3. The van der Waals surface area contributed by atoms with Gasteiger partial charge in [-0.2, -0.15) is 0 Å². The number of carbonyl (C=O) groups is 3. The average molecular weight is 400 g/mol. The Morgan fingerprint density at radius 2 is 1.59 bits per heavy atom. The lowest BCUT2D eigenvalue weighted by Crippen LogP contribution is -2.35. The van der Waals surface area contributed by atoms with Crippen LogP contribution in [-0.4, -0.2) is 22.9 Å². The number of para-hydroxylation sites is 1. The predicted molar refractivity (Wildman–Crippen MR) is 102 cm³/mol. The maximum absolute atomic E-state index is 13.8. The summed E-state index contributed by atoms with van der Waals surface area (Å²) in [6, 6.07) is 8.83. The molecule has 1 aliphatic carbocycles. The van der Waals surface area contributed by atoms with Crippen LogP contribution in [0.5, 0.6) is 0 Å². The Kier molecular flexibility index (Phi) is 6.01. The van der Waals surface area contributed by atoms with E-state index in [1.54, 1.807) is 24.3 Å². The molecule has 0 spiro atoms. The quantitative estimate of drug-likeness (QED) is 0.665. The summed E-state index contributed by atoms with van der Waals surface area (Å²) in [5.74, 6) is -5.62. The number of nitrogens with one attached hydrogen (secondary N) is 2. The molecule has 0 aliphatic heterocycles. The molecule has 8 heteroatoms. The van der Waals surface area contributed by atoms with Crippen molar-refractivity contribution in [2.45, 2.75) is 12.8 Å². The van der Waals surface area contributed by atoms with Gasteiger partial charge in [0.2, 0.25) is 5.91 Å². The lowest BCUT2D eigenvalue weighted by Gasteiger charge is -2.24. The number of carboxylic acids is 1. The van der Waals surface area contributed by atoms with Gasteiger partial charge in [-0.15, -0.1) is 0 Å². The number of amides is 2. The van der Waals surface area contributed by atoms with Crippen molar-refractivity contribution in [2.75, 3.05) is 10.6 Å². The first-order chi connectivity index (χ1) is 13.9. The Labute approximate surface area is 165 Å². The molecule has 29 heavy (non-hydrogen) atoms. The zero-order valence-corrected chi connectivity index (χ0v) is 15.2. The number of rotatable bonds is 5. The van der Waals surface area contributed by atoms with E-state index in [-0.39, 0.29) is 29.8 Å². The number of anilines is 2. The van der Waals surface area contributed by atoms with Crippen LogP contribution in [0.1, 0.15) is 23.2 Å². The first-order valence-electron chi connectivity index (χ1n) is 8.91. The lowest BCUT2D eigenvalue weighted by atomic mass is 9.82. The van der Waals surface area contributed by atoms with Crippen molar-refractivity contribution in [1.82, 2.24) is 0 Å². The molecule has 0 saturated heterocycles. The third-order valence-electron chi connectivity index (χ3n) is 4.70. The van der Waals surface area contributed by atoms with Crippen molar-refractivity contribution in [1.29, 1.82) is 0 Å². The van der Waals surface area contributed by atoms with Crippen LogP contribution in [0.2, 0.25) is 0 Å². The predicted octanol–water partition coefficient (Wildman–Crippen LogP) is 3.82. The van der Waals surface area contributed by atoms with Crippen LogP contribution >= 0.6 is 0 Å². The summed E-state index contributed by atoms with van der Waals surface area (Å²) in [4.78, 5) is 36.7. The van der Waals surface area contributed by atoms with Gasteiger partial charge in [-0.25, -0.2) is 8.78 Å². The maximum atomic E-state index is 13.8. The summed E-state index contributed by atoms with van der Waals surface area (Å²) in [6.45, 7) is 0. The molecule has 0 saturated carbocycles. The van der Waals surface area contributed by atoms with Crippen LogP contribution in [0, 0.1) is 23.5 Å². The van der Waals surface area contributed by atoms with E-state index in [1.165, 1.54) is 12.1 Å². The van der Waals surface area contributed by atoms with Crippen molar-refractivity contribution in [3.05, 3.63) is 71.8 Å². The van der Waals surface area contributed by atoms with Crippen molar-refractivity contribution in [3.8, 4) is 0 Å². The number of hydrogen-bond acceptors (Lipinski definition) is 3. The molecule has 0 fully saturated rings. The molecule has 6 nitrogen and oxygen atoms in total. The third-order valence-corrected chi connectivity index (χ3v) is 4.70. The topological polar surface area (TPSA) is 95.5 Å². The zero-order chi connectivity index (χ0) is 21.0. The molecule has 1 aliphatic rings. The summed E-state index contributed by atoms with van der Waals surface area (Å²) in [7, 11) is 0. The van der Waals surface area contributed by atoms with E-state index in [0.29, 0.717) is 6.07 Å². The van der Waals surface area contributed by atoms with Crippen LogP contribution in [0.3, 0.4) is 0 Å². The van der Waals surface area contributed by atoms with E-state index in [0.717, 1.165) is 12.1 Å². The fourth-order valence-electron chi connectivity index (χ4n) is 3.17. The molecular formula is C21H18F2N2O4. The minimum atomic E-state index is -1.06. The monoisotopic (exact) mass is 400 g/mol.